The second-order valence-corrected chi connectivity index (χ2v) is 5.51. The zero-order chi connectivity index (χ0) is 15.2. The minimum atomic E-state index is -0.0970. The topological polar surface area (TPSA) is 59.6 Å². The summed E-state index contributed by atoms with van der Waals surface area (Å²) >= 11 is 0. The molecule has 1 aliphatic heterocycles. The number of nitrogens with one attached hydrogen (secondary N) is 2. The van der Waals surface area contributed by atoms with Crippen LogP contribution in [0.1, 0.15) is 23.7 Å². The molecular weight excluding hydrogens is 268 g/mol. The van der Waals surface area contributed by atoms with E-state index in [4.69, 9.17) is 9.47 Å². The summed E-state index contributed by atoms with van der Waals surface area (Å²) in [6.45, 7) is 4.97. The summed E-state index contributed by atoms with van der Waals surface area (Å²) in [6.07, 6.45) is 1.10. The maximum absolute atomic E-state index is 12.3. The first-order valence-corrected chi connectivity index (χ1v) is 7.36. The number of rotatable bonds is 5. The second kappa shape index (κ2) is 7.31. The minimum Gasteiger partial charge on any atom is -0.497 e. The largest absolute Gasteiger partial charge is 0.497 e. The van der Waals surface area contributed by atoms with Crippen LogP contribution in [0.25, 0.3) is 0 Å². The summed E-state index contributed by atoms with van der Waals surface area (Å²) in [7, 11) is 3.15. The van der Waals surface area contributed by atoms with Gasteiger partial charge in [0, 0.05) is 12.6 Å². The van der Waals surface area contributed by atoms with E-state index in [-0.39, 0.29) is 5.91 Å². The van der Waals surface area contributed by atoms with Gasteiger partial charge >= 0.3 is 0 Å². The van der Waals surface area contributed by atoms with Gasteiger partial charge in [0.25, 0.3) is 5.91 Å². The highest BCUT2D eigenvalue weighted by Gasteiger charge is 2.22. The minimum absolute atomic E-state index is 0.0970. The van der Waals surface area contributed by atoms with Gasteiger partial charge < -0.3 is 20.1 Å². The maximum Gasteiger partial charge on any atom is 0.255 e. The fraction of sp³-hybridized carbons (Fsp3) is 0.562. The third-order valence-corrected chi connectivity index (χ3v) is 4.14. The van der Waals surface area contributed by atoms with Gasteiger partial charge in [-0.25, -0.2) is 0 Å². The smallest absolute Gasteiger partial charge is 0.255 e. The first-order valence-electron chi connectivity index (χ1n) is 7.36. The summed E-state index contributed by atoms with van der Waals surface area (Å²) in [5.74, 6) is 2.22. The Kier molecular flexibility index (Phi) is 5.44. The number of carbonyl (C=O) groups excluding carboxylic acids is 1. The van der Waals surface area contributed by atoms with E-state index in [2.05, 4.69) is 17.6 Å². The predicted molar refractivity (Wildman–Crippen MR) is 82.0 cm³/mol. The summed E-state index contributed by atoms with van der Waals surface area (Å²) in [5.41, 5.74) is 0.542. The number of piperidine rings is 1. The van der Waals surface area contributed by atoms with Crippen molar-refractivity contribution in [2.24, 2.45) is 11.8 Å². The van der Waals surface area contributed by atoms with Gasteiger partial charge in [0.2, 0.25) is 0 Å². The quantitative estimate of drug-likeness (QED) is 0.867. The highest BCUT2D eigenvalue weighted by atomic mass is 16.5. The fourth-order valence-electron chi connectivity index (χ4n) is 2.68. The molecule has 116 valence electrons. The van der Waals surface area contributed by atoms with Crippen LogP contribution in [0.2, 0.25) is 0 Å². The average molecular weight is 292 g/mol. The van der Waals surface area contributed by atoms with Crippen molar-refractivity contribution in [1.82, 2.24) is 10.6 Å². The average Bonchev–Trinajstić information content (AvgIpc) is 2.53. The predicted octanol–water partition coefficient (Wildman–Crippen LogP) is 1.68. The van der Waals surface area contributed by atoms with Crippen LogP contribution in [0.15, 0.2) is 18.2 Å². The Balaban J connectivity index is 1.99. The Morgan fingerprint density at radius 1 is 1.38 bits per heavy atom. The highest BCUT2D eigenvalue weighted by molar-refractivity contribution is 5.97. The van der Waals surface area contributed by atoms with E-state index in [1.807, 2.05) is 0 Å². The molecule has 0 aromatic heterocycles. The third kappa shape index (κ3) is 3.88. The molecule has 5 nitrogen and oxygen atoms in total. The number of amides is 1. The number of hydrogen-bond acceptors (Lipinski definition) is 4. The van der Waals surface area contributed by atoms with Gasteiger partial charge in [-0.1, -0.05) is 6.92 Å². The first kappa shape index (κ1) is 15.6. The third-order valence-electron chi connectivity index (χ3n) is 4.14. The lowest BCUT2D eigenvalue weighted by molar-refractivity contribution is 0.0935. The molecule has 1 aromatic carbocycles. The first-order chi connectivity index (χ1) is 10.2. The summed E-state index contributed by atoms with van der Waals surface area (Å²) in [6, 6.07) is 5.23. The molecule has 0 spiro atoms. The zero-order valence-electron chi connectivity index (χ0n) is 12.9. The molecule has 0 aliphatic carbocycles. The van der Waals surface area contributed by atoms with Crippen LogP contribution in [0, 0.1) is 11.8 Å². The number of carbonyl (C=O) groups is 1. The van der Waals surface area contributed by atoms with Crippen molar-refractivity contribution < 1.29 is 14.3 Å². The van der Waals surface area contributed by atoms with Crippen molar-refractivity contribution in [2.75, 3.05) is 33.9 Å². The van der Waals surface area contributed by atoms with Gasteiger partial charge in [-0.05, 0) is 43.5 Å². The molecule has 0 saturated carbocycles. The van der Waals surface area contributed by atoms with Gasteiger partial charge in [-0.15, -0.1) is 0 Å². The van der Waals surface area contributed by atoms with Crippen molar-refractivity contribution >= 4 is 5.91 Å². The molecule has 0 bridgehead atoms. The Hall–Kier alpha value is -1.75. The molecule has 2 rings (SSSR count). The second-order valence-electron chi connectivity index (χ2n) is 5.51. The van der Waals surface area contributed by atoms with Crippen molar-refractivity contribution in [2.45, 2.75) is 13.3 Å². The molecule has 0 radical (unpaired) electrons. The van der Waals surface area contributed by atoms with E-state index < -0.39 is 0 Å². The van der Waals surface area contributed by atoms with Crippen LogP contribution in [0.3, 0.4) is 0 Å². The summed E-state index contributed by atoms with van der Waals surface area (Å²) in [4.78, 5) is 12.3. The van der Waals surface area contributed by atoms with Crippen LogP contribution in [-0.4, -0.2) is 39.8 Å². The standard InChI is InChI=1S/C16H24N2O3/c1-11-9-17-7-6-12(11)10-18-16(19)14-5-4-13(20-2)8-15(14)21-3/h4-5,8,11-12,17H,6-7,9-10H2,1-3H3,(H,18,19). The zero-order valence-corrected chi connectivity index (χ0v) is 12.9. The molecular formula is C16H24N2O3. The van der Waals surface area contributed by atoms with E-state index in [1.165, 1.54) is 0 Å². The van der Waals surface area contributed by atoms with E-state index in [0.717, 1.165) is 19.5 Å². The van der Waals surface area contributed by atoms with Crippen LogP contribution < -0.4 is 20.1 Å². The van der Waals surface area contributed by atoms with Crippen molar-refractivity contribution in [1.29, 1.82) is 0 Å². The monoisotopic (exact) mass is 292 g/mol. The molecule has 1 amide bonds. The fourth-order valence-corrected chi connectivity index (χ4v) is 2.68. The van der Waals surface area contributed by atoms with Crippen LogP contribution in [-0.2, 0) is 0 Å². The van der Waals surface area contributed by atoms with Crippen LogP contribution in [0.5, 0.6) is 11.5 Å². The molecule has 2 atom stereocenters. The van der Waals surface area contributed by atoms with Crippen LogP contribution >= 0.6 is 0 Å². The van der Waals surface area contributed by atoms with Gasteiger partial charge in [0.15, 0.2) is 0 Å². The molecule has 5 heteroatoms. The lowest BCUT2D eigenvalue weighted by atomic mass is 9.88. The maximum atomic E-state index is 12.3. The summed E-state index contributed by atoms with van der Waals surface area (Å²) in [5, 5.41) is 6.39. The molecule has 1 saturated heterocycles. The number of methoxy groups -OCH3 is 2. The number of hydrogen-bond donors (Lipinski definition) is 2. The van der Waals surface area contributed by atoms with Crippen molar-refractivity contribution in [3.8, 4) is 11.5 Å². The van der Waals surface area contributed by atoms with E-state index >= 15 is 0 Å². The molecule has 2 N–H and O–H groups in total. The summed E-state index contributed by atoms with van der Waals surface area (Å²) < 4.78 is 10.4. The highest BCUT2D eigenvalue weighted by Crippen LogP contribution is 2.25. The molecule has 2 unspecified atom stereocenters. The molecule has 1 aromatic rings. The SMILES string of the molecule is COc1ccc(C(=O)NCC2CCNCC2C)c(OC)c1. The lowest BCUT2D eigenvalue weighted by Gasteiger charge is -2.29. The molecule has 1 aliphatic rings. The van der Waals surface area contributed by atoms with Gasteiger partial charge in [0.05, 0.1) is 19.8 Å². The van der Waals surface area contributed by atoms with Crippen molar-refractivity contribution in [3.05, 3.63) is 23.8 Å². The number of benzene rings is 1. The van der Waals surface area contributed by atoms with E-state index in [0.29, 0.717) is 35.4 Å². The van der Waals surface area contributed by atoms with E-state index in [1.54, 1.807) is 32.4 Å². The Morgan fingerprint density at radius 2 is 2.19 bits per heavy atom. The normalized spacial score (nSPS) is 21.7. The van der Waals surface area contributed by atoms with Gasteiger partial charge in [0.1, 0.15) is 11.5 Å². The molecule has 1 fully saturated rings. The Labute approximate surface area is 126 Å². The molecule has 21 heavy (non-hydrogen) atoms. The van der Waals surface area contributed by atoms with Crippen molar-refractivity contribution in [3.63, 3.8) is 0 Å². The van der Waals surface area contributed by atoms with Crippen LogP contribution in [0.4, 0.5) is 0 Å². The Morgan fingerprint density at radius 3 is 2.86 bits per heavy atom. The lowest BCUT2D eigenvalue weighted by Crippen LogP contribution is -2.41. The van der Waals surface area contributed by atoms with E-state index in [9.17, 15) is 4.79 Å². The van der Waals surface area contributed by atoms with Gasteiger partial charge in [-0.2, -0.15) is 0 Å². The van der Waals surface area contributed by atoms with Gasteiger partial charge in [-0.3, -0.25) is 4.79 Å². The number of ether oxygens (including phenoxy) is 2. The Bertz CT molecular complexity index is 490. The molecule has 1 heterocycles.